The Bertz CT molecular complexity index is 1220. The number of aryl methyl sites for hydroxylation is 1. The Morgan fingerprint density at radius 2 is 1.97 bits per heavy atom. The van der Waals surface area contributed by atoms with Crippen molar-refractivity contribution in [2.45, 2.75) is 45.1 Å². The molecule has 0 spiro atoms. The predicted octanol–water partition coefficient (Wildman–Crippen LogP) is 3.93. The number of nitrogens with one attached hydrogen (secondary N) is 1. The molecule has 0 aliphatic rings. The van der Waals surface area contributed by atoms with Crippen LogP contribution in [0.1, 0.15) is 32.8 Å². The molecule has 3 aromatic rings. The Morgan fingerprint density at radius 3 is 2.57 bits per heavy atom. The van der Waals surface area contributed by atoms with Gasteiger partial charge in [0.2, 0.25) is 5.28 Å². The molecule has 0 aliphatic carbocycles. The van der Waals surface area contributed by atoms with Gasteiger partial charge >= 0.3 is 5.97 Å². The summed E-state index contributed by atoms with van der Waals surface area (Å²) in [6.07, 6.45) is 1.21. The zero-order valence-electron chi connectivity index (χ0n) is 17.0. The molecule has 0 saturated heterocycles. The van der Waals surface area contributed by atoms with E-state index in [9.17, 15) is 18.3 Å². The number of benzene rings is 1. The Labute approximate surface area is 180 Å². The highest BCUT2D eigenvalue weighted by Crippen LogP contribution is 2.31. The molecular weight excluding hydrogens is 428 g/mol. The number of hydrogen-bond acceptors (Lipinski definition) is 6. The number of nitrogens with zero attached hydrogens (tertiary/aromatic N) is 3. The average molecular weight is 451 g/mol. The lowest BCUT2D eigenvalue weighted by Gasteiger charge is -2.31. The van der Waals surface area contributed by atoms with Gasteiger partial charge in [0.05, 0.1) is 16.8 Å². The smallest absolute Gasteiger partial charge is 0.305 e. The van der Waals surface area contributed by atoms with Gasteiger partial charge in [0.25, 0.3) is 10.0 Å². The molecular formula is C20H23ClN4O4S. The zero-order chi connectivity index (χ0) is 22.3. The van der Waals surface area contributed by atoms with Crippen LogP contribution in [0.4, 0.5) is 5.82 Å². The fourth-order valence-corrected chi connectivity index (χ4v) is 4.72. The molecule has 10 heteroatoms. The number of fused-ring (bicyclic) bond motifs is 1. The summed E-state index contributed by atoms with van der Waals surface area (Å²) in [5.41, 5.74) is 0.895. The van der Waals surface area contributed by atoms with Gasteiger partial charge in [-0.25, -0.2) is 17.4 Å². The van der Waals surface area contributed by atoms with E-state index in [0.29, 0.717) is 5.52 Å². The second-order valence-corrected chi connectivity index (χ2v) is 10.3. The van der Waals surface area contributed by atoms with Crippen molar-refractivity contribution in [1.29, 1.82) is 0 Å². The maximum Gasteiger partial charge on any atom is 0.305 e. The summed E-state index contributed by atoms with van der Waals surface area (Å²) in [4.78, 5) is 19.8. The zero-order valence-corrected chi connectivity index (χ0v) is 18.6. The van der Waals surface area contributed by atoms with Crippen LogP contribution < -0.4 is 5.32 Å². The van der Waals surface area contributed by atoms with Gasteiger partial charge < -0.3 is 10.4 Å². The highest BCUT2D eigenvalue weighted by Gasteiger charge is 2.30. The third-order valence-corrected chi connectivity index (χ3v) is 6.59. The molecule has 30 heavy (non-hydrogen) atoms. The second kappa shape index (κ2) is 7.88. The van der Waals surface area contributed by atoms with Crippen LogP contribution in [0.2, 0.25) is 5.28 Å². The van der Waals surface area contributed by atoms with Crippen LogP contribution in [0.15, 0.2) is 41.4 Å². The van der Waals surface area contributed by atoms with E-state index in [1.807, 2.05) is 33.8 Å². The summed E-state index contributed by atoms with van der Waals surface area (Å²) in [6.45, 7) is 7.46. The molecule has 8 nitrogen and oxygen atoms in total. The SMILES string of the molecule is Cc1cccc(S(=O)(=O)n2ccc3nc(Cl)nc(NC(CC(=O)O)C(C)(C)C)c32)c1. The minimum Gasteiger partial charge on any atom is -0.481 e. The van der Waals surface area contributed by atoms with E-state index in [0.717, 1.165) is 9.54 Å². The Balaban J connectivity index is 2.19. The van der Waals surface area contributed by atoms with Gasteiger partial charge in [-0.2, -0.15) is 4.98 Å². The van der Waals surface area contributed by atoms with Crippen molar-refractivity contribution in [3.8, 4) is 0 Å². The Hall–Kier alpha value is -2.65. The summed E-state index contributed by atoms with van der Waals surface area (Å²) in [6, 6.07) is 7.57. The van der Waals surface area contributed by atoms with Crippen LogP contribution in [0.3, 0.4) is 0 Å². The molecule has 3 rings (SSSR count). The minimum atomic E-state index is -3.94. The van der Waals surface area contributed by atoms with E-state index in [2.05, 4.69) is 15.3 Å². The van der Waals surface area contributed by atoms with Gasteiger partial charge in [-0.3, -0.25) is 4.79 Å². The third-order valence-electron chi connectivity index (χ3n) is 4.75. The third kappa shape index (κ3) is 4.41. The van der Waals surface area contributed by atoms with Crippen molar-refractivity contribution in [2.24, 2.45) is 5.41 Å². The van der Waals surface area contributed by atoms with Gasteiger partial charge in [-0.05, 0) is 47.7 Å². The highest BCUT2D eigenvalue weighted by molar-refractivity contribution is 7.90. The van der Waals surface area contributed by atoms with E-state index < -0.39 is 27.4 Å². The average Bonchev–Trinajstić information content (AvgIpc) is 3.04. The molecule has 0 fully saturated rings. The van der Waals surface area contributed by atoms with Gasteiger partial charge in [0, 0.05) is 12.2 Å². The molecule has 0 aliphatic heterocycles. The first-order valence-corrected chi connectivity index (χ1v) is 11.1. The standard InChI is InChI=1S/C20H23ClN4O4S/c1-12-6-5-7-13(10-12)30(28,29)25-9-8-14-17(25)18(24-19(21)22-14)23-15(11-16(26)27)20(2,3)4/h5-10,15H,11H2,1-4H3,(H,26,27)(H,22,23,24). The quantitative estimate of drug-likeness (QED) is 0.546. The second-order valence-electron chi connectivity index (χ2n) is 8.17. The molecule has 0 saturated carbocycles. The topological polar surface area (TPSA) is 114 Å². The maximum atomic E-state index is 13.3. The van der Waals surface area contributed by atoms with E-state index >= 15 is 0 Å². The number of hydrogen-bond donors (Lipinski definition) is 2. The highest BCUT2D eigenvalue weighted by atomic mass is 35.5. The van der Waals surface area contributed by atoms with Crippen LogP contribution >= 0.6 is 11.6 Å². The Morgan fingerprint density at radius 1 is 1.27 bits per heavy atom. The minimum absolute atomic E-state index is 0.0707. The van der Waals surface area contributed by atoms with Crippen molar-refractivity contribution in [3.63, 3.8) is 0 Å². The molecule has 0 bridgehead atoms. The maximum absolute atomic E-state index is 13.3. The predicted molar refractivity (Wildman–Crippen MR) is 115 cm³/mol. The summed E-state index contributed by atoms with van der Waals surface area (Å²) in [5, 5.41) is 12.3. The number of carbonyl (C=O) groups is 1. The van der Waals surface area contributed by atoms with Crippen molar-refractivity contribution >= 4 is 44.4 Å². The molecule has 1 atom stereocenters. The number of anilines is 1. The molecule has 2 aromatic heterocycles. The van der Waals surface area contributed by atoms with E-state index in [1.54, 1.807) is 12.1 Å². The number of aromatic nitrogens is 3. The summed E-state index contributed by atoms with van der Waals surface area (Å²) < 4.78 is 27.7. The van der Waals surface area contributed by atoms with Crippen molar-refractivity contribution in [3.05, 3.63) is 47.4 Å². The number of rotatable bonds is 6. The van der Waals surface area contributed by atoms with Crippen molar-refractivity contribution < 1.29 is 18.3 Å². The molecule has 1 aromatic carbocycles. The van der Waals surface area contributed by atoms with Crippen molar-refractivity contribution in [1.82, 2.24) is 13.9 Å². The normalized spacial score (nSPS) is 13.4. The van der Waals surface area contributed by atoms with Crippen molar-refractivity contribution in [2.75, 3.05) is 5.32 Å². The monoisotopic (exact) mass is 450 g/mol. The van der Waals surface area contributed by atoms with Crippen LogP contribution in [-0.4, -0.2) is 39.5 Å². The molecule has 2 heterocycles. The lowest BCUT2D eigenvalue weighted by Crippen LogP contribution is -2.36. The van der Waals surface area contributed by atoms with Gasteiger partial charge in [-0.1, -0.05) is 32.9 Å². The number of halogens is 1. The first-order chi connectivity index (χ1) is 13.9. The largest absolute Gasteiger partial charge is 0.481 e. The fraction of sp³-hybridized carbons (Fsp3) is 0.350. The summed E-state index contributed by atoms with van der Waals surface area (Å²) >= 11 is 6.05. The molecule has 0 amide bonds. The molecule has 1 unspecified atom stereocenters. The van der Waals surface area contributed by atoms with Crippen LogP contribution in [-0.2, 0) is 14.8 Å². The van der Waals surface area contributed by atoms with E-state index in [-0.39, 0.29) is 27.9 Å². The summed E-state index contributed by atoms with van der Waals surface area (Å²) in [7, 11) is -3.94. The van der Waals surface area contributed by atoms with E-state index in [1.165, 1.54) is 18.3 Å². The van der Waals surface area contributed by atoms with Crippen LogP contribution in [0.5, 0.6) is 0 Å². The van der Waals surface area contributed by atoms with E-state index in [4.69, 9.17) is 11.6 Å². The number of carboxylic acid groups (broad SMARTS) is 1. The fourth-order valence-electron chi connectivity index (χ4n) is 3.09. The molecule has 0 radical (unpaired) electrons. The van der Waals surface area contributed by atoms with Crippen LogP contribution in [0.25, 0.3) is 11.0 Å². The van der Waals surface area contributed by atoms with Crippen LogP contribution in [0, 0.1) is 12.3 Å². The van der Waals surface area contributed by atoms with Gasteiger partial charge in [-0.15, -0.1) is 0 Å². The van der Waals surface area contributed by atoms with Gasteiger partial charge in [0.1, 0.15) is 5.52 Å². The molecule has 160 valence electrons. The first kappa shape index (κ1) is 22.0. The van der Waals surface area contributed by atoms with Gasteiger partial charge in [0.15, 0.2) is 5.82 Å². The number of aliphatic carboxylic acids is 1. The summed E-state index contributed by atoms with van der Waals surface area (Å²) in [5.74, 6) is -0.825. The lowest BCUT2D eigenvalue weighted by atomic mass is 9.85. The Kier molecular flexibility index (Phi) is 5.79. The first-order valence-electron chi connectivity index (χ1n) is 9.25. The molecule has 2 N–H and O–H groups in total. The number of carboxylic acids is 1. The lowest BCUT2D eigenvalue weighted by molar-refractivity contribution is -0.137.